The summed E-state index contributed by atoms with van der Waals surface area (Å²) in [4.78, 5) is 17.3. The summed E-state index contributed by atoms with van der Waals surface area (Å²) in [7, 11) is 1.83. The Kier molecular flexibility index (Phi) is 5.41. The van der Waals surface area contributed by atoms with Gasteiger partial charge in [0.25, 0.3) is 5.91 Å². The van der Waals surface area contributed by atoms with Crippen LogP contribution >= 0.6 is 0 Å². The highest BCUT2D eigenvalue weighted by Crippen LogP contribution is 2.22. The number of carbonyl (C=O) groups excluding carboxylic acids is 1. The standard InChI is InChI=1S/C20H27FN4O/c1-14(2)19-13-24(11-16-7-5-6-8-18(16)21)9-10-25(19)20(26)17-12-23(4)22-15(17)3/h5-8,12,14,19H,9-11,13H2,1-4H3/t19-/m1/s1. The monoisotopic (exact) mass is 358 g/mol. The topological polar surface area (TPSA) is 41.4 Å². The quantitative estimate of drug-likeness (QED) is 0.844. The largest absolute Gasteiger partial charge is 0.333 e. The zero-order chi connectivity index (χ0) is 18.8. The van der Waals surface area contributed by atoms with Gasteiger partial charge in [-0.15, -0.1) is 0 Å². The van der Waals surface area contributed by atoms with Crippen molar-refractivity contribution < 1.29 is 9.18 Å². The normalized spacial score (nSPS) is 18.5. The second kappa shape index (κ2) is 7.58. The lowest BCUT2D eigenvalue weighted by molar-refractivity contribution is 0.0325. The Bertz CT molecular complexity index is 786. The van der Waals surface area contributed by atoms with E-state index in [0.29, 0.717) is 30.1 Å². The number of aryl methyl sites for hydroxylation is 2. The Morgan fingerprint density at radius 3 is 2.65 bits per heavy atom. The molecule has 1 aliphatic heterocycles. The fraction of sp³-hybridized carbons (Fsp3) is 0.500. The number of aromatic nitrogens is 2. The van der Waals surface area contributed by atoms with Crippen LogP contribution in [-0.2, 0) is 13.6 Å². The van der Waals surface area contributed by atoms with E-state index >= 15 is 0 Å². The van der Waals surface area contributed by atoms with Crippen molar-refractivity contribution in [1.29, 1.82) is 0 Å². The van der Waals surface area contributed by atoms with Crippen LogP contribution in [-0.4, -0.2) is 51.2 Å². The van der Waals surface area contributed by atoms with Gasteiger partial charge in [0.1, 0.15) is 5.82 Å². The molecule has 1 aromatic carbocycles. The van der Waals surface area contributed by atoms with Crippen LogP contribution in [0.3, 0.4) is 0 Å². The maximum Gasteiger partial charge on any atom is 0.257 e. The molecule has 1 aromatic heterocycles. The maximum atomic E-state index is 14.0. The molecule has 140 valence electrons. The van der Waals surface area contributed by atoms with Gasteiger partial charge in [0.15, 0.2) is 0 Å². The molecule has 0 spiro atoms. The molecule has 0 radical (unpaired) electrons. The minimum absolute atomic E-state index is 0.0415. The van der Waals surface area contributed by atoms with Crippen LogP contribution in [0.5, 0.6) is 0 Å². The Morgan fingerprint density at radius 1 is 1.31 bits per heavy atom. The average Bonchev–Trinajstić information content (AvgIpc) is 2.94. The molecule has 5 nitrogen and oxygen atoms in total. The third kappa shape index (κ3) is 3.80. The molecule has 3 rings (SSSR count). The first-order valence-corrected chi connectivity index (χ1v) is 9.13. The molecule has 2 heterocycles. The van der Waals surface area contributed by atoms with E-state index < -0.39 is 0 Å². The number of amides is 1. The minimum Gasteiger partial charge on any atom is -0.333 e. The molecule has 0 unspecified atom stereocenters. The van der Waals surface area contributed by atoms with Gasteiger partial charge in [-0.25, -0.2) is 4.39 Å². The zero-order valence-corrected chi connectivity index (χ0v) is 15.9. The summed E-state index contributed by atoms with van der Waals surface area (Å²) in [5.74, 6) is 0.192. The Morgan fingerprint density at radius 2 is 2.04 bits per heavy atom. The molecule has 1 atom stereocenters. The van der Waals surface area contributed by atoms with Crippen molar-refractivity contribution in [3.8, 4) is 0 Å². The first-order chi connectivity index (χ1) is 12.4. The Hall–Kier alpha value is -2.21. The third-order valence-electron chi connectivity index (χ3n) is 5.13. The molecule has 1 aliphatic rings. The van der Waals surface area contributed by atoms with Crippen LogP contribution in [0.2, 0.25) is 0 Å². The zero-order valence-electron chi connectivity index (χ0n) is 15.9. The van der Waals surface area contributed by atoms with E-state index in [0.717, 1.165) is 18.8 Å². The van der Waals surface area contributed by atoms with E-state index in [2.05, 4.69) is 23.8 Å². The van der Waals surface area contributed by atoms with Crippen LogP contribution in [0.1, 0.15) is 35.5 Å². The van der Waals surface area contributed by atoms with E-state index in [9.17, 15) is 9.18 Å². The maximum absolute atomic E-state index is 14.0. The van der Waals surface area contributed by atoms with Crippen molar-refractivity contribution in [2.24, 2.45) is 13.0 Å². The molecular weight excluding hydrogens is 331 g/mol. The summed E-state index contributed by atoms with van der Waals surface area (Å²) < 4.78 is 15.7. The fourth-order valence-corrected chi connectivity index (χ4v) is 3.67. The molecule has 1 amide bonds. The van der Waals surface area contributed by atoms with Gasteiger partial charge in [-0.05, 0) is 18.9 Å². The van der Waals surface area contributed by atoms with Crippen molar-refractivity contribution >= 4 is 5.91 Å². The average molecular weight is 358 g/mol. The highest BCUT2D eigenvalue weighted by atomic mass is 19.1. The van der Waals surface area contributed by atoms with Gasteiger partial charge in [0, 0.05) is 51.0 Å². The minimum atomic E-state index is -0.168. The van der Waals surface area contributed by atoms with Crippen LogP contribution in [0.4, 0.5) is 4.39 Å². The lowest BCUT2D eigenvalue weighted by Gasteiger charge is -2.43. The smallest absolute Gasteiger partial charge is 0.257 e. The van der Waals surface area contributed by atoms with Crippen LogP contribution < -0.4 is 0 Å². The van der Waals surface area contributed by atoms with Crippen LogP contribution in [0.15, 0.2) is 30.5 Å². The van der Waals surface area contributed by atoms with E-state index in [1.165, 1.54) is 6.07 Å². The molecule has 6 heteroatoms. The van der Waals surface area contributed by atoms with Crippen molar-refractivity contribution in [2.75, 3.05) is 19.6 Å². The highest BCUT2D eigenvalue weighted by molar-refractivity contribution is 5.95. The first kappa shape index (κ1) is 18.6. The van der Waals surface area contributed by atoms with Gasteiger partial charge < -0.3 is 4.90 Å². The number of halogens is 1. The van der Waals surface area contributed by atoms with Gasteiger partial charge in [-0.2, -0.15) is 5.10 Å². The van der Waals surface area contributed by atoms with E-state index in [1.807, 2.05) is 31.0 Å². The van der Waals surface area contributed by atoms with E-state index in [4.69, 9.17) is 0 Å². The van der Waals surface area contributed by atoms with E-state index in [-0.39, 0.29) is 17.8 Å². The molecule has 2 aromatic rings. The summed E-state index contributed by atoms with van der Waals surface area (Å²) in [6.07, 6.45) is 1.79. The SMILES string of the molecule is Cc1nn(C)cc1C(=O)N1CCN(Cc2ccccc2F)C[C@@H]1C(C)C. The molecule has 0 aliphatic carbocycles. The lowest BCUT2D eigenvalue weighted by atomic mass is 9.98. The lowest BCUT2D eigenvalue weighted by Crippen LogP contribution is -2.56. The second-order valence-corrected chi connectivity index (χ2v) is 7.44. The van der Waals surface area contributed by atoms with Gasteiger partial charge in [-0.1, -0.05) is 32.0 Å². The molecule has 1 saturated heterocycles. The molecular formula is C20H27FN4O. The Labute approximate surface area is 154 Å². The molecule has 0 N–H and O–H groups in total. The van der Waals surface area contributed by atoms with Crippen LogP contribution in [0, 0.1) is 18.7 Å². The van der Waals surface area contributed by atoms with Crippen molar-refractivity contribution in [3.63, 3.8) is 0 Å². The molecule has 0 saturated carbocycles. The summed E-state index contributed by atoms with van der Waals surface area (Å²) in [5.41, 5.74) is 2.13. The summed E-state index contributed by atoms with van der Waals surface area (Å²) in [5, 5.41) is 4.29. The molecule has 0 bridgehead atoms. The van der Waals surface area contributed by atoms with Gasteiger partial charge in [0.2, 0.25) is 0 Å². The molecule has 26 heavy (non-hydrogen) atoms. The third-order valence-corrected chi connectivity index (χ3v) is 5.13. The highest BCUT2D eigenvalue weighted by Gasteiger charge is 2.34. The number of hydrogen-bond acceptors (Lipinski definition) is 3. The van der Waals surface area contributed by atoms with Crippen molar-refractivity contribution in [1.82, 2.24) is 19.6 Å². The second-order valence-electron chi connectivity index (χ2n) is 7.44. The number of hydrogen-bond donors (Lipinski definition) is 0. The van der Waals surface area contributed by atoms with Gasteiger partial charge in [-0.3, -0.25) is 14.4 Å². The van der Waals surface area contributed by atoms with Crippen LogP contribution in [0.25, 0.3) is 0 Å². The summed E-state index contributed by atoms with van der Waals surface area (Å²) in [6, 6.07) is 7.00. The van der Waals surface area contributed by atoms with Crippen molar-refractivity contribution in [2.45, 2.75) is 33.4 Å². The summed E-state index contributed by atoms with van der Waals surface area (Å²) >= 11 is 0. The van der Waals surface area contributed by atoms with Crippen molar-refractivity contribution in [3.05, 3.63) is 53.1 Å². The number of nitrogens with zero attached hydrogens (tertiary/aromatic N) is 4. The predicted molar refractivity (Wildman–Crippen MR) is 99.3 cm³/mol. The number of benzene rings is 1. The summed E-state index contributed by atoms with van der Waals surface area (Å²) in [6.45, 7) is 8.83. The molecule has 1 fully saturated rings. The van der Waals surface area contributed by atoms with E-state index in [1.54, 1.807) is 16.9 Å². The Balaban J connectivity index is 1.75. The fourth-order valence-electron chi connectivity index (χ4n) is 3.67. The predicted octanol–water partition coefficient (Wildman–Crippen LogP) is 2.85. The number of carbonyl (C=O) groups is 1. The van der Waals surface area contributed by atoms with Gasteiger partial charge in [0.05, 0.1) is 11.3 Å². The number of rotatable bonds is 4. The first-order valence-electron chi connectivity index (χ1n) is 9.13. The number of piperazine rings is 1. The van der Waals surface area contributed by atoms with Gasteiger partial charge >= 0.3 is 0 Å².